The molecular weight excluding hydrogens is 158 g/mol. The molecule has 0 saturated carbocycles. The zero-order valence-corrected chi connectivity index (χ0v) is 9.56. The highest BCUT2D eigenvalue weighted by molar-refractivity contribution is 5.29. The Balaban J connectivity index is 0. The molecule has 0 fully saturated rings. The maximum atomic E-state index is 3.74. The molecule has 0 aromatic rings. The summed E-state index contributed by atoms with van der Waals surface area (Å²) in [4.78, 5) is 2.28. The van der Waals surface area contributed by atoms with Gasteiger partial charge in [-0.3, -0.25) is 4.90 Å². The Morgan fingerprint density at radius 1 is 1.23 bits per heavy atom. The van der Waals surface area contributed by atoms with E-state index >= 15 is 0 Å². The molecule has 1 heterocycles. The molecular formula is C12H23N. The fraction of sp³-hybridized carbons (Fsp3) is 0.500. The molecule has 1 aliphatic heterocycles. The third kappa shape index (κ3) is 5.42. The molecule has 0 N–H and O–H groups in total. The average molecular weight is 181 g/mol. The van der Waals surface area contributed by atoms with Crippen molar-refractivity contribution in [2.75, 3.05) is 20.1 Å². The molecule has 0 amide bonds. The van der Waals surface area contributed by atoms with E-state index in [4.69, 9.17) is 0 Å². The van der Waals surface area contributed by atoms with Crippen LogP contribution in [-0.2, 0) is 0 Å². The van der Waals surface area contributed by atoms with E-state index in [0.29, 0.717) is 0 Å². The molecule has 1 aliphatic rings. The number of rotatable bonds is 1. The van der Waals surface area contributed by atoms with Crippen LogP contribution in [0.15, 0.2) is 37.0 Å². The van der Waals surface area contributed by atoms with Crippen LogP contribution in [0.2, 0.25) is 0 Å². The first-order valence-corrected chi connectivity index (χ1v) is 4.73. The molecule has 0 atom stereocenters. The molecule has 1 heteroatoms. The van der Waals surface area contributed by atoms with Crippen molar-refractivity contribution in [1.29, 1.82) is 0 Å². The van der Waals surface area contributed by atoms with Gasteiger partial charge in [-0.2, -0.15) is 0 Å². The fourth-order valence-electron chi connectivity index (χ4n) is 1.23. The molecule has 0 aromatic heterocycles. The third-order valence-electron chi connectivity index (χ3n) is 1.74. The van der Waals surface area contributed by atoms with Crippen molar-refractivity contribution in [3.63, 3.8) is 0 Å². The van der Waals surface area contributed by atoms with Gasteiger partial charge in [0.25, 0.3) is 0 Å². The number of hydrogen-bond donors (Lipinski definition) is 0. The normalized spacial score (nSPS) is 15.4. The maximum Gasteiger partial charge on any atom is 0.0233 e. The van der Waals surface area contributed by atoms with Gasteiger partial charge < -0.3 is 0 Å². The molecule has 0 radical (unpaired) electrons. The van der Waals surface area contributed by atoms with Crippen LogP contribution in [0.5, 0.6) is 0 Å². The van der Waals surface area contributed by atoms with Crippen molar-refractivity contribution in [3.8, 4) is 0 Å². The second-order valence-electron chi connectivity index (χ2n) is 2.68. The summed E-state index contributed by atoms with van der Waals surface area (Å²) in [5, 5.41) is 0. The summed E-state index contributed by atoms with van der Waals surface area (Å²) in [7, 11) is 2.12. The largest absolute Gasteiger partial charge is 0.298 e. The smallest absolute Gasteiger partial charge is 0.0233 e. The Labute approximate surface area is 83.5 Å². The van der Waals surface area contributed by atoms with E-state index in [1.54, 1.807) is 0 Å². The second kappa shape index (κ2) is 9.27. The molecule has 0 bridgehead atoms. The molecule has 1 nitrogen and oxygen atoms in total. The van der Waals surface area contributed by atoms with Gasteiger partial charge in [0.15, 0.2) is 0 Å². The summed E-state index contributed by atoms with van der Waals surface area (Å²) in [5.74, 6) is 0. The first kappa shape index (κ1) is 14.7. The first-order valence-electron chi connectivity index (χ1n) is 4.73. The van der Waals surface area contributed by atoms with Gasteiger partial charge in [0, 0.05) is 13.1 Å². The van der Waals surface area contributed by atoms with Crippen LogP contribution >= 0.6 is 0 Å². The monoisotopic (exact) mass is 181 g/mol. The van der Waals surface area contributed by atoms with Gasteiger partial charge >= 0.3 is 0 Å². The highest BCUT2D eigenvalue weighted by atomic mass is 15.1. The van der Waals surface area contributed by atoms with Gasteiger partial charge in [-0.05, 0) is 19.5 Å². The molecule has 0 unspecified atom stereocenters. The van der Waals surface area contributed by atoms with Gasteiger partial charge in [-0.1, -0.05) is 32.1 Å². The Morgan fingerprint density at radius 2 is 1.69 bits per heavy atom. The lowest BCUT2D eigenvalue weighted by atomic mass is 10.2. The lowest BCUT2D eigenvalue weighted by Gasteiger charge is -2.04. The highest BCUT2D eigenvalue weighted by Gasteiger charge is 2.11. The van der Waals surface area contributed by atoms with E-state index in [2.05, 4.69) is 38.6 Å². The predicted octanol–water partition coefficient (Wildman–Crippen LogP) is 3.26. The summed E-state index contributed by atoms with van der Waals surface area (Å²) >= 11 is 0. The number of nitrogens with zero attached hydrogens (tertiary/aromatic N) is 1. The van der Waals surface area contributed by atoms with E-state index in [-0.39, 0.29) is 0 Å². The summed E-state index contributed by atoms with van der Waals surface area (Å²) in [6.07, 6.45) is 1.96. The van der Waals surface area contributed by atoms with Gasteiger partial charge in [-0.15, -0.1) is 13.2 Å². The first-order chi connectivity index (χ1) is 6.24. The number of likely N-dealkylation sites (N-methyl/N-ethyl adjacent to an activating group) is 1. The minimum absolute atomic E-state index is 1.08. The minimum atomic E-state index is 1.08. The molecule has 0 saturated heterocycles. The van der Waals surface area contributed by atoms with Crippen LogP contribution in [0.25, 0.3) is 0 Å². The Morgan fingerprint density at radius 3 is 1.85 bits per heavy atom. The Bertz CT molecular complexity index is 168. The van der Waals surface area contributed by atoms with E-state index in [1.165, 1.54) is 11.1 Å². The lowest BCUT2D eigenvalue weighted by Crippen LogP contribution is -2.14. The standard InChI is InChI=1S/C8H13N.C2H6.C2H4/c1-4-8-6-9(3)5-7(8)2;2*1-2/h4H,1,5-6H2,2-3H3;1-2H3;1-2H2. The number of hydrogen-bond acceptors (Lipinski definition) is 1. The van der Waals surface area contributed by atoms with E-state index in [9.17, 15) is 0 Å². The quantitative estimate of drug-likeness (QED) is 0.561. The molecule has 0 aliphatic carbocycles. The van der Waals surface area contributed by atoms with Gasteiger partial charge in [-0.25, -0.2) is 0 Å². The zero-order valence-electron chi connectivity index (χ0n) is 9.56. The zero-order chi connectivity index (χ0) is 10.9. The molecule has 0 aromatic carbocycles. The van der Waals surface area contributed by atoms with Crippen LogP contribution in [0, 0.1) is 0 Å². The predicted molar refractivity (Wildman–Crippen MR) is 63.0 cm³/mol. The average Bonchev–Trinajstić information content (AvgIpc) is 2.51. The summed E-state index contributed by atoms with van der Waals surface area (Å²) in [6, 6.07) is 0. The van der Waals surface area contributed by atoms with Gasteiger partial charge in [0.1, 0.15) is 0 Å². The molecule has 0 spiro atoms. The van der Waals surface area contributed by atoms with Gasteiger partial charge in [0.2, 0.25) is 0 Å². The molecule has 1 rings (SSSR count). The minimum Gasteiger partial charge on any atom is -0.298 e. The van der Waals surface area contributed by atoms with Crippen LogP contribution < -0.4 is 0 Å². The summed E-state index contributed by atoms with van der Waals surface area (Å²) in [6.45, 7) is 18.1. The SMILES string of the molecule is C=C.C=CC1=C(C)CN(C)C1.CC. The Hall–Kier alpha value is -0.820. The summed E-state index contributed by atoms with van der Waals surface area (Å²) < 4.78 is 0. The van der Waals surface area contributed by atoms with Crippen LogP contribution in [-0.4, -0.2) is 25.0 Å². The van der Waals surface area contributed by atoms with Crippen molar-refractivity contribution < 1.29 is 0 Å². The fourth-order valence-corrected chi connectivity index (χ4v) is 1.23. The van der Waals surface area contributed by atoms with Gasteiger partial charge in [0.05, 0.1) is 0 Å². The van der Waals surface area contributed by atoms with E-state index in [0.717, 1.165) is 13.1 Å². The van der Waals surface area contributed by atoms with Crippen molar-refractivity contribution in [3.05, 3.63) is 37.0 Å². The third-order valence-corrected chi connectivity index (χ3v) is 1.74. The second-order valence-corrected chi connectivity index (χ2v) is 2.68. The highest BCUT2D eigenvalue weighted by Crippen LogP contribution is 2.14. The van der Waals surface area contributed by atoms with Crippen molar-refractivity contribution >= 4 is 0 Å². The summed E-state index contributed by atoms with van der Waals surface area (Å²) in [5.41, 5.74) is 2.87. The van der Waals surface area contributed by atoms with E-state index < -0.39 is 0 Å². The lowest BCUT2D eigenvalue weighted by molar-refractivity contribution is 0.426. The van der Waals surface area contributed by atoms with Crippen molar-refractivity contribution in [2.45, 2.75) is 20.8 Å². The van der Waals surface area contributed by atoms with Crippen LogP contribution in [0.4, 0.5) is 0 Å². The van der Waals surface area contributed by atoms with Crippen LogP contribution in [0.1, 0.15) is 20.8 Å². The molecule has 76 valence electrons. The van der Waals surface area contributed by atoms with E-state index in [1.807, 2.05) is 19.9 Å². The van der Waals surface area contributed by atoms with Crippen molar-refractivity contribution in [1.82, 2.24) is 4.90 Å². The van der Waals surface area contributed by atoms with Crippen molar-refractivity contribution in [2.24, 2.45) is 0 Å². The molecule has 13 heavy (non-hydrogen) atoms. The topological polar surface area (TPSA) is 3.24 Å². The van der Waals surface area contributed by atoms with Crippen LogP contribution in [0.3, 0.4) is 0 Å². The Kier molecular flexibility index (Phi) is 10.5. The maximum absolute atomic E-state index is 3.74.